The van der Waals surface area contributed by atoms with E-state index in [1.54, 1.807) is 24.4 Å². The first-order chi connectivity index (χ1) is 25.1. The number of aromatic nitrogens is 1. The number of hydrogen-bond donors (Lipinski definition) is 4. The van der Waals surface area contributed by atoms with Crippen molar-refractivity contribution >= 4 is 23.1 Å². The Kier molecular flexibility index (Phi) is 13.7. The molecule has 1 saturated heterocycles. The molecule has 5 rings (SSSR count). The van der Waals surface area contributed by atoms with Gasteiger partial charge in [-0.2, -0.15) is 5.26 Å². The molecular formula is C40H47ClN4O7. The van der Waals surface area contributed by atoms with E-state index in [9.17, 15) is 25.4 Å². The highest BCUT2D eigenvalue weighted by Gasteiger charge is 2.40. The van der Waals surface area contributed by atoms with Gasteiger partial charge in [-0.3, -0.25) is 15.1 Å². The number of benzene rings is 2. The van der Waals surface area contributed by atoms with Gasteiger partial charge in [0.25, 0.3) is 0 Å². The summed E-state index contributed by atoms with van der Waals surface area (Å²) < 4.78 is 19.2. The number of carboxylic acid groups (broad SMARTS) is 1. The maximum Gasteiger partial charge on any atom is 0.323 e. The van der Waals surface area contributed by atoms with Crippen LogP contribution in [0.25, 0.3) is 5.57 Å². The van der Waals surface area contributed by atoms with Crippen LogP contribution in [-0.4, -0.2) is 82.8 Å². The molecule has 0 saturated carbocycles. The van der Waals surface area contributed by atoms with Crippen LogP contribution < -0.4 is 14.8 Å². The number of allylic oxidation sites excluding steroid dienone is 3. The van der Waals surface area contributed by atoms with Crippen molar-refractivity contribution < 1.29 is 34.3 Å². The first kappa shape index (κ1) is 38.8. The summed E-state index contributed by atoms with van der Waals surface area (Å²) in [5, 5.41) is 41.3. The van der Waals surface area contributed by atoms with E-state index < -0.39 is 18.6 Å². The van der Waals surface area contributed by atoms with E-state index in [-0.39, 0.29) is 37.2 Å². The van der Waals surface area contributed by atoms with Crippen molar-refractivity contribution in [3.05, 3.63) is 106 Å². The summed E-state index contributed by atoms with van der Waals surface area (Å²) in [5.41, 5.74) is 3.50. The van der Waals surface area contributed by atoms with Gasteiger partial charge in [-0.15, -0.1) is 0 Å². The van der Waals surface area contributed by atoms with Gasteiger partial charge in [0.05, 0.1) is 42.4 Å². The van der Waals surface area contributed by atoms with Crippen LogP contribution in [0.15, 0.2) is 78.8 Å². The Hall–Kier alpha value is -4.44. The minimum Gasteiger partial charge on any atom is -0.497 e. The smallest absolute Gasteiger partial charge is 0.323 e. The molecule has 3 aromatic rings. The molecule has 0 radical (unpaired) electrons. The number of aliphatic carboxylic acids is 1. The molecule has 2 aromatic carbocycles. The second kappa shape index (κ2) is 18.4. The predicted octanol–water partition coefficient (Wildman–Crippen LogP) is 5.59. The van der Waals surface area contributed by atoms with Crippen LogP contribution in [-0.2, 0) is 22.7 Å². The summed E-state index contributed by atoms with van der Waals surface area (Å²) in [5.74, 6) is 0.223. The van der Waals surface area contributed by atoms with E-state index in [4.69, 9.17) is 25.8 Å². The number of halogens is 1. The monoisotopic (exact) mass is 730 g/mol. The van der Waals surface area contributed by atoms with Gasteiger partial charge in [-0.05, 0) is 55.2 Å². The van der Waals surface area contributed by atoms with Crippen molar-refractivity contribution in [3.63, 3.8) is 0 Å². The lowest BCUT2D eigenvalue weighted by molar-refractivity contribution is -0.140. The quantitative estimate of drug-likeness (QED) is 0.121. The third kappa shape index (κ3) is 10.1. The number of carbonyl (C=O) groups is 1. The maximum atomic E-state index is 11.6. The number of ether oxygens (including phenoxy) is 3. The van der Waals surface area contributed by atoms with E-state index in [0.29, 0.717) is 39.8 Å². The fraction of sp³-hybridized carbons (Fsp3) is 0.425. The molecule has 11 nitrogen and oxygen atoms in total. The zero-order valence-corrected chi connectivity index (χ0v) is 30.4. The van der Waals surface area contributed by atoms with Gasteiger partial charge in [0.2, 0.25) is 0 Å². The number of aliphatic hydroxyl groups is 2. The summed E-state index contributed by atoms with van der Waals surface area (Å²) in [6.07, 6.45) is 9.68. The number of hydrogen-bond acceptors (Lipinski definition) is 10. The van der Waals surface area contributed by atoms with E-state index in [0.717, 1.165) is 55.8 Å². The molecule has 1 fully saturated rings. The molecule has 0 bridgehead atoms. The van der Waals surface area contributed by atoms with Crippen LogP contribution in [0.4, 0.5) is 0 Å². The minimum absolute atomic E-state index is 0.0449. The van der Waals surface area contributed by atoms with Crippen molar-refractivity contribution in [2.45, 2.75) is 58.4 Å². The average molecular weight is 731 g/mol. The van der Waals surface area contributed by atoms with Gasteiger partial charge in [0.15, 0.2) is 0 Å². The Balaban J connectivity index is 1.35. The molecule has 276 valence electrons. The molecule has 2 heterocycles. The Bertz CT molecular complexity index is 1780. The van der Waals surface area contributed by atoms with Crippen LogP contribution in [0.1, 0.15) is 55.4 Å². The number of nitriles is 1. The number of nitrogens with one attached hydrogen (secondary N) is 1. The minimum atomic E-state index is -1.19. The topological polar surface area (TPSA) is 157 Å². The summed E-state index contributed by atoms with van der Waals surface area (Å²) >= 11 is 6.80. The van der Waals surface area contributed by atoms with Gasteiger partial charge < -0.3 is 34.4 Å². The molecule has 2 unspecified atom stereocenters. The number of carboxylic acids is 1. The Morgan fingerprint density at radius 1 is 1.12 bits per heavy atom. The average Bonchev–Trinajstić information content (AvgIpc) is 3.56. The van der Waals surface area contributed by atoms with Gasteiger partial charge in [0, 0.05) is 54.6 Å². The Morgan fingerprint density at radius 3 is 2.63 bits per heavy atom. The largest absolute Gasteiger partial charge is 0.497 e. The van der Waals surface area contributed by atoms with Gasteiger partial charge in [-0.1, -0.05) is 61.9 Å². The number of pyridine rings is 1. The Morgan fingerprint density at radius 2 is 1.92 bits per heavy atom. The zero-order chi connectivity index (χ0) is 37.1. The number of β-amino-alcohol motifs (C(OH)–C–C–N with tert-alkyl or cyclic N) is 1. The molecule has 12 heteroatoms. The van der Waals surface area contributed by atoms with Crippen molar-refractivity contribution in [2.24, 2.45) is 11.3 Å². The lowest BCUT2D eigenvalue weighted by Crippen LogP contribution is -2.39. The van der Waals surface area contributed by atoms with Crippen LogP contribution in [0.5, 0.6) is 11.5 Å². The molecule has 52 heavy (non-hydrogen) atoms. The molecule has 1 aliphatic carbocycles. The lowest BCUT2D eigenvalue weighted by atomic mass is 9.67. The van der Waals surface area contributed by atoms with Crippen molar-refractivity contribution in [1.29, 1.82) is 5.26 Å². The summed E-state index contributed by atoms with van der Waals surface area (Å²) in [6.45, 7) is 7.29. The second-order valence-corrected chi connectivity index (χ2v) is 14.1. The number of rotatable bonds is 18. The molecule has 3 atom stereocenters. The highest BCUT2D eigenvalue weighted by atomic mass is 35.5. The molecule has 1 aliphatic heterocycles. The summed E-state index contributed by atoms with van der Waals surface area (Å²) in [6, 6.07) is 16.2. The van der Waals surface area contributed by atoms with Gasteiger partial charge >= 0.3 is 5.97 Å². The normalized spacial score (nSPS) is 18.9. The lowest BCUT2D eigenvalue weighted by Gasteiger charge is -2.40. The van der Waals surface area contributed by atoms with Crippen LogP contribution >= 0.6 is 11.6 Å². The number of nitrogens with zero attached hydrogens (tertiary/aromatic N) is 3. The third-order valence-corrected chi connectivity index (χ3v) is 9.95. The predicted molar refractivity (Wildman–Crippen MR) is 198 cm³/mol. The third-order valence-electron chi connectivity index (χ3n) is 9.65. The highest BCUT2D eigenvalue weighted by Crippen LogP contribution is 2.48. The molecular weight excluding hydrogens is 684 g/mol. The van der Waals surface area contributed by atoms with E-state index >= 15 is 0 Å². The highest BCUT2D eigenvalue weighted by molar-refractivity contribution is 6.32. The van der Waals surface area contributed by atoms with Crippen LogP contribution in [0.2, 0.25) is 5.02 Å². The van der Waals surface area contributed by atoms with Gasteiger partial charge in [0.1, 0.15) is 36.0 Å². The number of likely N-dealkylation sites (tertiary alicyclic amines) is 1. The van der Waals surface area contributed by atoms with Crippen LogP contribution in [0.3, 0.4) is 0 Å². The first-order valence-corrected chi connectivity index (χ1v) is 18.0. The van der Waals surface area contributed by atoms with E-state index in [1.165, 1.54) is 6.20 Å². The number of unbranched alkanes of at least 4 members (excludes halogenated alkanes) is 1. The fourth-order valence-corrected chi connectivity index (χ4v) is 6.83. The molecule has 0 amide bonds. The summed E-state index contributed by atoms with van der Waals surface area (Å²) in [4.78, 5) is 18.0. The number of aliphatic hydroxyl groups excluding tert-OH is 2. The summed E-state index contributed by atoms with van der Waals surface area (Å²) in [7, 11) is 0. The zero-order valence-electron chi connectivity index (χ0n) is 29.6. The van der Waals surface area contributed by atoms with Crippen LogP contribution in [0, 0.1) is 22.7 Å². The van der Waals surface area contributed by atoms with E-state index in [1.807, 2.05) is 24.3 Å². The van der Waals surface area contributed by atoms with Crippen molar-refractivity contribution in [2.75, 3.05) is 39.5 Å². The van der Waals surface area contributed by atoms with E-state index in [2.05, 4.69) is 53.3 Å². The fourth-order valence-electron chi connectivity index (χ4n) is 6.59. The maximum absolute atomic E-state index is 11.6. The SMILES string of the molecule is CC1(C)C(c2ccccc2)=CC=C(OCCCCN2CC[C@@H](O)C2)C1COc1cc(OCc2cncc(C#N)c2)c(CNC(CO)C(=O)O)cc1Cl. The molecule has 0 spiro atoms. The van der Waals surface area contributed by atoms with Crippen molar-refractivity contribution in [1.82, 2.24) is 15.2 Å². The second-order valence-electron chi connectivity index (χ2n) is 13.7. The van der Waals surface area contributed by atoms with Gasteiger partial charge in [-0.25, -0.2) is 0 Å². The first-order valence-electron chi connectivity index (χ1n) is 17.6. The van der Waals surface area contributed by atoms with Crippen molar-refractivity contribution in [3.8, 4) is 17.6 Å². The molecule has 1 aromatic heterocycles. The standard InChI is InChI=1S/C40H47ClN4O7/c1-40(2)32(29-8-4-3-5-9-29)10-11-36(50-15-7-6-13-45-14-12-31(47)23-45)33(40)26-52-38-18-37(51-25-28-16-27(19-42)20-43-21-28)30(17-34(38)41)22-44-35(24-46)39(48)49/h3-5,8-11,16-18,20-21,31,33,35,44,46-47H,6-7,12-15,22-26H2,1-2H3,(H,48,49)/t31-,33?,35?/m1/s1. The molecule has 4 N–H and O–H groups in total. The molecule has 2 aliphatic rings. The Labute approximate surface area is 310 Å².